The highest BCUT2D eigenvalue weighted by Gasteiger charge is 2.31. The number of aromatic nitrogens is 3. The second-order valence-corrected chi connectivity index (χ2v) is 7.39. The van der Waals surface area contributed by atoms with E-state index in [-0.39, 0.29) is 11.6 Å². The summed E-state index contributed by atoms with van der Waals surface area (Å²) in [5, 5.41) is 1.69. The predicted octanol–water partition coefficient (Wildman–Crippen LogP) is 4.20. The molecule has 5 aromatic rings. The molecule has 0 fully saturated rings. The number of ether oxygens (including phenoxy) is 1. The van der Waals surface area contributed by atoms with Gasteiger partial charge in [0.2, 0.25) is 0 Å². The highest BCUT2D eigenvalue weighted by molar-refractivity contribution is 5.92. The molecule has 0 aliphatic carbocycles. The fourth-order valence-electron chi connectivity index (χ4n) is 4.29. The SMILES string of the molecule is COc1ccc(C2Nn3c(nc4ccccc4c3=O)-c3[nH]c4ccccc4c32)cc1. The summed E-state index contributed by atoms with van der Waals surface area (Å²) in [6.45, 7) is 0. The third-order valence-electron chi connectivity index (χ3n) is 5.74. The average molecular weight is 394 g/mol. The van der Waals surface area contributed by atoms with E-state index in [0.29, 0.717) is 16.7 Å². The van der Waals surface area contributed by atoms with E-state index in [1.807, 2.05) is 66.7 Å². The second-order valence-electron chi connectivity index (χ2n) is 7.39. The standard InChI is InChI=1S/C24H18N4O2/c1-30-15-12-10-14(11-13-15)21-20-16-6-2-4-8-18(16)25-22(20)23-26-19-9-5-3-7-17(19)24(29)28(23)27-21/h2-13,21,25,27H,1H3. The van der Waals surface area contributed by atoms with Crippen molar-refractivity contribution in [2.45, 2.75) is 6.04 Å². The van der Waals surface area contributed by atoms with Gasteiger partial charge in [-0.3, -0.25) is 4.79 Å². The molecule has 1 aliphatic rings. The molecule has 0 radical (unpaired) electrons. The molecule has 0 amide bonds. The molecule has 3 aromatic carbocycles. The van der Waals surface area contributed by atoms with Crippen molar-refractivity contribution in [3.63, 3.8) is 0 Å². The van der Waals surface area contributed by atoms with Gasteiger partial charge in [-0.05, 0) is 35.9 Å². The first-order chi connectivity index (χ1) is 14.7. The summed E-state index contributed by atoms with van der Waals surface area (Å²) in [5.74, 6) is 1.38. The molecule has 0 saturated heterocycles. The number of fused-ring (bicyclic) bond motifs is 6. The highest BCUT2D eigenvalue weighted by atomic mass is 16.5. The zero-order valence-corrected chi connectivity index (χ0v) is 16.2. The molecule has 3 heterocycles. The van der Waals surface area contributed by atoms with Crippen molar-refractivity contribution in [1.29, 1.82) is 0 Å². The monoisotopic (exact) mass is 394 g/mol. The number of nitrogens with one attached hydrogen (secondary N) is 2. The summed E-state index contributed by atoms with van der Waals surface area (Å²) in [7, 11) is 1.65. The molecule has 0 bridgehead atoms. The van der Waals surface area contributed by atoms with E-state index in [1.54, 1.807) is 11.8 Å². The van der Waals surface area contributed by atoms with Gasteiger partial charge < -0.3 is 15.1 Å². The largest absolute Gasteiger partial charge is 0.497 e. The Labute approximate surface area is 171 Å². The summed E-state index contributed by atoms with van der Waals surface area (Å²) in [5.41, 5.74) is 7.99. The molecule has 6 rings (SSSR count). The van der Waals surface area contributed by atoms with Crippen molar-refractivity contribution in [3.05, 3.63) is 94.3 Å². The van der Waals surface area contributed by atoms with Gasteiger partial charge in [0.05, 0.1) is 29.7 Å². The molecule has 2 N–H and O–H groups in total. The van der Waals surface area contributed by atoms with E-state index >= 15 is 0 Å². The van der Waals surface area contributed by atoms with Gasteiger partial charge in [-0.15, -0.1) is 0 Å². The molecule has 0 saturated carbocycles. The van der Waals surface area contributed by atoms with Crippen LogP contribution in [0.15, 0.2) is 77.6 Å². The summed E-state index contributed by atoms with van der Waals surface area (Å²) >= 11 is 0. The van der Waals surface area contributed by atoms with Crippen LogP contribution in [0.4, 0.5) is 0 Å². The number of H-pyrrole nitrogens is 1. The van der Waals surface area contributed by atoms with Crippen molar-refractivity contribution in [2.24, 2.45) is 0 Å². The van der Waals surface area contributed by atoms with Crippen LogP contribution in [-0.4, -0.2) is 21.8 Å². The maximum absolute atomic E-state index is 13.3. The molecule has 6 heteroatoms. The molecule has 1 aliphatic heterocycles. The van der Waals surface area contributed by atoms with Gasteiger partial charge in [0.25, 0.3) is 5.56 Å². The number of para-hydroxylation sites is 2. The lowest BCUT2D eigenvalue weighted by Gasteiger charge is -2.29. The van der Waals surface area contributed by atoms with E-state index in [0.717, 1.165) is 33.5 Å². The van der Waals surface area contributed by atoms with Crippen LogP contribution < -0.4 is 15.7 Å². The van der Waals surface area contributed by atoms with E-state index in [9.17, 15) is 4.79 Å². The highest BCUT2D eigenvalue weighted by Crippen LogP contribution is 2.40. The maximum atomic E-state index is 13.3. The molecule has 30 heavy (non-hydrogen) atoms. The number of aromatic amines is 1. The Balaban J connectivity index is 1.67. The molecule has 6 nitrogen and oxygen atoms in total. The third kappa shape index (κ3) is 2.30. The van der Waals surface area contributed by atoms with Crippen molar-refractivity contribution >= 4 is 21.8 Å². The normalized spacial score (nSPS) is 14.9. The number of hydrogen-bond donors (Lipinski definition) is 2. The smallest absolute Gasteiger partial charge is 0.280 e. The van der Waals surface area contributed by atoms with E-state index in [2.05, 4.69) is 16.5 Å². The molecule has 1 unspecified atom stereocenters. The third-order valence-corrected chi connectivity index (χ3v) is 5.74. The number of nitrogens with zero attached hydrogens (tertiary/aromatic N) is 2. The Morgan fingerprint density at radius 3 is 2.47 bits per heavy atom. The van der Waals surface area contributed by atoms with E-state index in [4.69, 9.17) is 9.72 Å². The Morgan fingerprint density at radius 2 is 1.67 bits per heavy atom. The van der Waals surface area contributed by atoms with Gasteiger partial charge in [0, 0.05) is 16.5 Å². The fraction of sp³-hybridized carbons (Fsp3) is 0.0833. The van der Waals surface area contributed by atoms with Crippen molar-refractivity contribution < 1.29 is 4.74 Å². The summed E-state index contributed by atoms with van der Waals surface area (Å²) in [4.78, 5) is 21.6. The Hall–Kier alpha value is -4.06. The predicted molar refractivity (Wildman–Crippen MR) is 117 cm³/mol. The number of hydrogen-bond acceptors (Lipinski definition) is 4. The van der Waals surface area contributed by atoms with Crippen molar-refractivity contribution in [1.82, 2.24) is 14.6 Å². The van der Waals surface area contributed by atoms with Gasteiger partial charge >= 0.3 is 0 Å². The molecule has 2 aromatic heterocycles. The van der Waals surface area contributed by atoms with E-state index < -0.39 is 0 Å². The lowest BCUT2D eigenvalue weighted by Crippen LogP contribution is -2.37. The summed E-state index contributed by atoms with van der Waals surface area (Å²) < 4.78 is 6.88. The van der Waals surface area contributed by atoms with Crippen molar-refractivity contribution in [3.8, 4) is 17.3 Å². The minimum Gasteiger partial charge on any atom is -0.497 e. The maximum Gasteiger partial charge on any atom is 0.280 e. The molecular weight excluding hydrogens is 376 g/mol. The number of methoxy groups -OCH3 is 1. The minimum atomic E-state index is -0.213. The van der Waals surface area contributed by atoms with Gasteiger partial charge in [0.15, 0.2) is 5.82 Å². The zero-order chi connectivity index (χ0) is 20.2. The minimum absolute atomic E-state index is 0.113. The zero-order valence-electron chi connectivity index (χ0n) is 16.2. The lowest BCUT2D eigenvalue weighted by molar-refractivity contribution is 0.414. The van der Waals surface area contributed by atoms with Gasteiger partial charge in [-0.2, -0.15) is 0 Å². The molecule has 146 valence electrons. The van der Waals surface area contributed by atoms with Gasteiger partial charge in [0.1, 0.15) is 5.75 Å². The topological polar surface area (TPSA) is 71.9 Å². The average Bonchev–Trinajstić information content (AvgIpc) is 3.19. The first-order valence-electron chi connectivity index (χ1n) is 9.78. The van der Waals surface area contributed by atoms with Crippen LogP contribution in [0, 0.1) is 0 Å². The Kier molecular flexibility index (Phi) is 3.49. The van der Waals surface area contributed by atoms with Crippen LogP contribution >= 0.6 is 0 Å². The number of rotatable bonds is 2. The van der Waals surface area contributed by atoms with Crippen LogP contribution in [-0.2, 0) is 0 Å². The summed E-state index contributed by atoms with van der Waals surface area (Å²) in [6.07, 6.45) is 0. The fourth-order valence-corrected chi connectivity index (χ4v) is 4.29. The second kappa shape index (κ2) is 6.22. The first-order valence-corrected chi connectivity index (χ1v) is 9.78. The lowest BCUT2D eigenvalue weighted by atomic mass is 9.94. The number of benzene rings is 3. The van der Waals surface area contributed by atoms with Crippen LogP contribution in [0.1, 0.15) is 17.2 Å². The molecule has 0 spiro atoms. The van der Waals surface area contributed by atoms with Crippen LogP contribution in [0.3, 0.4) is 0 Å². The van der Waals surface area contributed by atoms with Crippen LogP contribution in [0.5, 0.6) is 5.75 Å². The Morgan fingerprint density at radius 1 is 0.933 bits per heavy atom. The van der Waals surface area contributed by atoms with Crippen LogP contribution in [0.25, 0.3) is 33.3 Å². The molecular formula is C24H18N4O2. The quantitative estimate of drug-likeness (QED) is 0.471. The first kappa shape index (κ1) is 16.9. The van der Waals surface area contributed by atoms with E-state index in [1.165, 1.54) is 0 Å². The van der Waals surface area contributed by atoms with Crippen LogP contribution in [0.2, 0.25) is 0 Å². The molecule has 1 atom stereocenters. The van der Waals surface area contributed by atoms with Gasteiger partial charge in [-0.25, -0.2) is 9.66 Å². The Bertz CT molecular complexity index is 1480. The van der Waals surface area contributed by atoms with Crippen molar-refractivity contribution in [2.75, 3.05) is 12.5 Å². The van der Waals surface area contributed by atoms with Gasteiger partial charge in [-0.1, -0.05) is 42.5 Å². The summed E-state index contributed by atoms with van der Waals surface area (Å²) in [6, 6.07) is 23.3.